The molecule has 0 aromatic rings. The molecule has 0 radical (unpaired) electrons. The normalized spacial score (nSPS) is 19.9. The van der Waals surface area contributed by atoms with Crippen molar-refractivity contribution in [2.45, 2.75) is 45.3 Å². The lowest BCUT2D eigenvalue weighted by Gasteiger charge is -2.24. The Labute approximate surface area is 85.7 Å². The molecule has 0 saturated carbocycles. The number of hydrogen-bond donors (Lipinski definition) is 1. The van der Waals surface area contributed by atoms with Crippen LogP contribution in [0.4, 0.5) is 0 Å². The van der Waals surface area contributed by atoms with Gasteiger partial charge in [-0.25, -0.2) is 0 Å². The molecule has 1 aliphatic rings. The first-order valence-electron chi connectivity index (χ1n) is 5.14. The van der Waals surface area contributed by atoms with Crippen LogP contribution in [0.25, 0.3) is 0 Å². The Kier molecular flexibility index (Phi) is 3.96. The van der Waals surface area contributed by atoms with Gasteiger partial charge in [0.15, 0.2) is 0 Å². The van der Waals surface area contributed by atoms with Crippen molar-refractivity contribution in [3.8, 4) is 0 Å². The minimum atomic E-state index is -0.616. The molecule has 0 spiro atoms. The molecule has 3 nitrogen and oxygen atoms in total. The molecule has 0 aliphatic carbocycles. The van der Waals surface area contributed by atoms with E-state index >= 15 is 0 Å². The number of rotatable bonds is 3. The first kappa shape index (κ1) is 11.5. The summed E-state index contributed by atoms with van der Waals surface area (Å²) in [4.78, 5) is 0. The van der Waals surface area contributed by atoms with Gasteiger partial charge in [-0.15, -0.1) is 0 Å². The third-order valence-corrected chi connectivity index (χ3v) is 1.97. The highest BCUT2D eigenvalue weighted by atomic mass is 16.5. The Morgan fingerprint density at radius 2 is 2.29 bits per heavy atom. The molecule has 1 heterocycles. The van der Waals surface area contributed by atoms with Crippen molar-refractivity contribution < 1.29 is 14.6 Å². The molecule has 0 amide bonds. The van der Waals surface area contributed by atoms with E-state index in [-0.39, 0.29) is 5.60 Å². The molecule has 0 fully saturated rings. The number of ether oxygens (including phenoxy) is 2. The zero-order valence-corrected chi connectivity index (χ0v) is 9.25. The molecule has 1 unspecified atom stereocenters. The minimum absolute atomic E-state index is 0.212. The van der Waals surface area contributed by atoms with Gasteiger partial charge < -0.3 is 14.6 Å². The summed E-state index contributed by atoms with van der Waals surface area (Å²) in [7, 11) is 0. The van der Waals surface area contributed by atoms with Crippen molar-refractivity contribution in [2.75, 3.05) is 13.2 Å². The lowest BCUT2D eigenvalue weighted by atomic mass is 10.1. The van der Waals surface area contributed by atoms with E-state index in [1.807, 2.05) is 26.8 Å². The van der Waals surface area contributed by atoms with Gasteiger partial charge in [-0.05, 0) is 39.7 Å². The van der Waals surface area contributed by atoms with E-state index in [1.165, 1.54) is 0 Å². The lowest BCUT2D eigenvalue weighted by molar-refractivity contribution is -0.0535. The SMILES string of the molecule is CC(C)(C)OCC(O)C1=CCCCO1. The fourth-order valence-electron chi connectivity index (χ4n) is 1.22. The third-order valence-electron chi connectivity index (χ3n) is 1.97. The molecule has 14 heavy (non-hydrogen) atoms. The summed E-state index contributed by atoms with van der Waals surface area (Å²) in [6, 6.07) is 0. The van der Waals surface area contributed by atoms with Gasteiger partial charge in [0.25, 0.3) is 0 Å². The van der Waals surface area contributed by atoms with Gasteiger partial charge in [0.2, 0.25) is 0 Å². The molecule has 1 rings (SSSR count). The summed E-state index contributed by atoms with van der Waals surface area (Å²) in [5, 5.41) is 9.72. The second-order valence-electron chi connectivity index (χ2n) is 4.54. The zero-order valence-electron chi connectivity index (χ0n) is 9.25. The average molecular weight is 200 g/mol. The van der Waals surface area contributed by atoms with Crippen LogP contribution in [-0.2, 0) is 9.47 Å². The highest BCUT2D eigenvalue weighted by molar-refractivity contribution is 5.02. The minimum Gasteiger partial charge on any atom is -0.495 e. The van der Waals surface area contributed by atoms with Crippen LogP contribution in [-0.4, -0.2) is 30.0 Å². The van der Waals surface area contributed by atoms with Gasteiger partial charge in [0.05, 0.1) is 18.8 Å². The summed E-state index contributed by atoms with van der Waals surface area (Å²) in [5.41, 5.74) is -0.212. The van der Waals surface area contributed by atoms with Crippen LogP contribution in [0.3, 0.4) is 0 Å². The van der Waals surface area contributed by atoms with Crippen LogP contribution >= 0.6 is 0 Å². The van der Waals surface area contributed by atoms with Crippen molar-refractivity contribution in [1.29, 1.82) is 0 Å². The Morgan fingerprint density at radius 3 is 2.79 bits per heavy atom. The third kappa shape index (κ3) is 4.11. The highest BCUT2D eigenvalue weighted by Crippen LogP contribution is 2.16. The van der Waals surface area contributed by atoms with E-state index in [1.54, 1.807) is 0 Å². The molecule has 0 aromatic carbocycles. The van der Waals surface area contributed by atoms with E-state index in [0.717, 1.165) is 12.8 Å². The van der Waals surface area contributed by atoms with Gasteiger partial charge >= 0.3 is 0 Å². The first-order valence-corrected chi connectivity index (χ1v) is 5.14. The summed E-state index contributed by atoms with van der Waals surface area (Å²) in [5.74, 6) is 0.667. The van der Waals surface area contributed by atoms with Gasteiger partial charge in [-0.2, -0.15) is 0 Å². The van der Waals surface area contributed by atoms with Gasteiger partial charge in [-0.1, -0.05) is 0 Å². The van der Waals surface area contributed by atoms with Crippen molar-refractivity contribution in [3.63, 3.8) is 0 Å². The van der Waals surface area contributed by atoms with Crippen molar-refractivity contribution in [1.82, 2.24) is 0 Å². The molecule has 3 heteroatoms. The van der Waals surface area contributed by atoms with E-state index < -0.39 is 6.10 Å². The van der Waals surface area contributed by atoms with Crippen LogP contribution in [0.2, 0.25) is 0 Å². The van der Waals surface area contributed by atoms with Crippen LogP contribution in [0.5, 0.6) is 0 Å². The summed E-state index contributed by atoms with van der Waals surface area (Å²) >= 11 is 0. The maximum Gasteiger partial charge on any atom is 0.134 e. The van der Waals surface area contributed by atoms with Crippen LogP contribution < -0.4 is 0 Å². The van der Waals surface area contributed by atoms with Crippen molar-refractivity contribution >= 4 is 0 Å². The first-order chi connectivity index (χ1) is 6.49. The number of aliphatic hydroxyl groups excluding tert-OH is 1. The predicted octanol–water partition coefficient (Wildman–Crippen LogP) is 1.86. The Morgan fingerprint density at radius 1 is 1.57 bits per heavy atom. The van der Waals surface area contributed by atoms with Crippen LogP contribution in [0.1, 0.15) is 33.6 Å². The molecule has 1 atom stereocenters. The molecule has 82 valence electrons. The smallest absolute Gasteiger partial charge is 0.134 e. The van der Waals surface area contributed by atoms with Gasteiger partial charge in [-0.3, -0.25) is 0 Å². The monoisotopic (exact) mass is 200 g/mol. The quantitative estimate of drug-likeness (QED) is 0.755. The van der Waals surface area contributed by atoms with E-state index in [9.17, 15) is 5.11 Å². The second-order valence-corrected chi connectivity index (χ2v) is 4.54. The van der Waals surface area contributed by atoms with Crippen molar-refractivity contribution in [3.05, 3.63) is 11.8 Å². The topological polar surface area (TPSA) is 38.7 Å². The second kappa shape index (κ2) is 4.80. The van der Waals surface area contributed by atoms with E-state index in [0.29, 0.717) is 19.0 Å². The Balaban J connectivity index is 2.34. The maximum absolute atomic E-state index is 9.72. The van der Waals surface area contributed by atoms with Crippen molar-refractivity contribution in [2.24, 2.45) is 0 Å². The Bertz CT molecular complexity index is 203. The fourth-order valence-corrected chi connectivity index (χ4v) is 1.22. The van der Waals surface area contributed by atoms with Gasteiger partial charge in [0.1, 0.15) is 11.9 Å². The summed E-state index contributed by atoms with van der Waals surface area (Å²) in [6.07, 6.45) is 3.35. The van der Waals surface area contributed by atoms with E-state index in [2.05, 4.69) is 0 Å². The molecular weight excluding hydrogens is 180 g/mol. The van der Waals surface area contributed by atoms with Crippen LogP contribution in [0.15, 0.2) is 11.8 Å². The molecule has 0 aromatic heterocycles. The fraction of sp³-hybridized carbons (Fsp3) is 0.818. The molecule has 1 N–H and O–H groups in total. The summed E-state index contributed by atoms with van der Waals surface area (Å²) in [6.45, 7) is 6.91. The maximum atomic E-state index is 9.72. The predicted molar refractivity (Wildman–Crippen MR) is 55.0 cm³/mol. The number of aliphatic hydroxyl groups is 1. The molecule has 0 bridgehead atoms. The standard InChI is InChI=1S/C11H20O3/c1-11(2,3)14-8-9(12)10-6-4-5-7-13-10/h6,9,12H,4-5,7-8H2,1-3H3. The highest BCUT2D eigenvalue weighted by Gasteiger charge is 2.18. The largest absolute Gasteiger partial charge is 0.495 e. The zero-order chi connectivity index (χ0) is 10.6. The summed E-state index contributed by atoms with van der Waals surface area (Å²) < 4.78 is 10.8. The Hall–Kier alpha value is -0.540. The number of allylic oxidation sites excluding steroid dienone is 1. The van der Waals surface area contributed by atoms with E-state index in [4.69, 9.17) is 9.47 Å². The molecule has 1 aliphatic heterocycles. The lowest BCUT2D eigenvalue weighted by Crippen LogP contribution is -2.28. The van der Waals surface area contributed by atoms with Gasteiger partial charge in [0, 0.05) is 0 Å². The molecule has 0 saturated heterocycles. The molecular formula is C11H20O3. The van der Waals surface area contributed by atoms with Crippen LogP contribution in [0, 0.1) is 0 Å². The number of hydrogen-bond acceptors (Lipinski definition) is 3. The average Bonchev–Trinajstić information content (AvgIpc) is 2.14.